The minimum Gasteiger partial charge on any atom is -0.206 e. The Labute approximate surface area is 145 Å². The van der Waals surface area contributed by atoms with Gasteiger partial charge in [-0.05, 0) is 86.8 Å². The molecule has 2 saturated carbocycles. The zero-order valence-corrected chi connectivity index (χ0v) is 14.9. The van der Waals surface area contributed by atoms with Gasteiger partial charge in [-0.1, -0.05) is 25.7 Å². The van der Waals surface area contributed by atoms with Crippen molar-refractivity contribution in [3.63, 3.8) is 0 Å². The van der Waals surface area contributed by atoms with Gasteiger partial charge in [-0.15, -0.1) is 5.92 Å². The molecule has 2 heteroatoms. The summed E-state index contributed by atoms with van der Waals surface area (Å²) in [5, 5.41) is 0. The van der Waals surface area contributed by atoms with Crippen LogP contribution in [-0.4, -0.2) is 0 Å². The number of hydrogen-bond acceptors (Lipinski definition) is 0. The lowest BCUT2D eigenvalue weighted by molar-refractivity contribution is 0.101. The molecular formula is C22H28F2. The topological polar surface area (TPSA) is 0 Å². The van der Waals surface area contributed by atoms with E-state index in [-0.39, 0.29) is 5.56 Å². The van der Waals surface area contributed by atoms with E-state index < -0.39 is 11.6 Å². The highest BCUT2D eigenvalue weighted by atomic mass is 19.1. The van der Waals surface area contributed by atoms with Crippen molar-refractivity contribution in [2.24, 2.45) is 23.7 Å². The fourth-order valence-electron chi connectivity index (χ4n) is 4.87. The van der Waals surface area contributed by atoms with E-state index in [0.29, 0.717) is 0 Å². The quantitative estimate of drug-likeness (QED) is 0.586. The molecule has 0 nitrogen and oxygen atoms in total. The summed E-state index contributed by atoms with van der Waals surface area (Å²) >= 11 is 0. The Morgan fingerprint density at radius 2 is 1.67 bits per heavy atom. The first-order chi connectivity index (χ1) is 11.6. The molecule has 4 unspecified atom stereocenters. The normalized spacial score (nSPS) is 29.5. The van der Waals surface area contributed by atoms with Gasteiger partial charge in [0.25, 0.3) is 0 Å². The Kier molecular flexibility index (Phi) is 5.59. The third kappa shape index (κ3) is 4.00. The Balaban J connectivity index is 1.57. The van der Waals surface area contributed by atoms with Crippen LogP contribution in [0, 0.1) is 47.1 Å². The predicted molar refractivity (Wildman–Crippen MR) is 94.6 cm³/mol. The van der Waals surface area contributed by atoms with E-state index in [9.17, 15) is 8.78 Å². The van der Waals surface area contributed by atoms with Crippen molar-refractivity contribution in [2.45, 2.75) is 65.2 Å². The smallest absolute Gasteiger partial charge is 0.142 e. The highest BCUT2D eigenvalue weighted by molar-refractivity contribution is 5.38. The highest BCUT2D eigenvalue weighted by Crippen LogP contribution is 2.45. The highest BCUT2D eigenvalue weighted by Gasteiger charge is 2.34. The second-order valence-electron chi connectivity index (χ2n) is 7.97. The number of halogens is 2. The second-order valence-corrected chi connectivity index (χ2v) is 7.97. The summed E-state index contributed by atoms with van der Waals surface area (Å²) in [5.41, 5.74) is 0.670. The molecule has 4 atom stereocenters. The molecule has 2 aliphatic carbocycles. The van der Waals surface area contributed by atoms with Gasteiger partial charge in [0.2, 0.25) is 0 Å². The maximum absolute atomic E-state index is 14.0. The molecule has 0 bridgehead atoms. The van der Waals surface area contributed by atoms with Crippen LogP contribution in [0.5, 0.6) is 0 Å². The molecule has 0 spiro atoms. The SMILES string of the molecule is CC#Cc1c(F)cc(CCC2CCC3CC(C)CCC3C2)cc1F. The van der Waals surface area contributed by atoms with E-state index in [4.69, 9.17) is 0 Å². The lowest BCUT2D eigenvalue weighted by Gasteiger charge is -2.41. The Morgan fingerprint density at radius 3 is 2.38 bits per heavy atom. The van der Waals surface area contributed by atoms with Crippen LogP contribution >= 0.6 is 0 Å². The van der Waals surface area contributed by atoms with E-state index in [1.807, 2.05) is 0 Å². The summed E-state index contributed by atoms with van der Waals surface area (Å²) in [6, 6.07) is 2.94. The Hall–Kier alpha value is -1.36. The summed E-state index contributed by atoms with van der Waals surface area (Å²) in [7, 11) is 0. The van der Waals surface area contributed by atoms with Gasteiger partial charge in [0.05, 0.1) is 5.56 Å². The van der Waals surface area contributed by atoms with Crippen molar-refractivity contribution in [1.29, 1.82) is 0 Å². The molecule has 1 aromatic rings. The Bertz CT molecular complexity index is 614. The maximum Gasteiger partial charge on any atom is 0.142 e. The number of hydrogen-bond donors (Lipinski definition) is 0. The van der Waals surface area contributed by atoms with Gasteiger partial charge >= 0.3 is 0 Å². The first kappa shape index (κ1) is 17.5. The Morgan fingerprint density at radius 1 is 1.00 bits per heavy atom. The van der Waals surface area contributed by atoms with Gasteiger partial charge in [0.1, 0.15) is 11.6 Å². The van der Waals surface area contributed by atoms with Crippen molar-refractivity contribution >= 4 is 0 Å². The second kappa shape index (κ2) is 7.68. The van der Waals surface area contributed by atoms with Gasteiger partial charge in [-0.3, -0.25) is 0 Å². The molecule has 0 heterocycles. The standard InChI is InChI=1S/C22H28F2/c1-3-4-20-21(23)13-17(14-22(20)24)7-6-16-8-10-18-11-15(2)5-9-19(18)12-16/h13-16,18-19H,5-12H2,1-2H3. The first-order valence-electron chi connectivity index (χ1n) is 9.47. The van der Waals surface area contributed by atoms with Crippen molar-refractivity contribution in [1.82, 2.24) is 0 Å². The number of fused-ring (bicyclic) bond motifs is 1. The molecule has 130 valence electrons. The van der Waals surface area contributed by atoms with E-state index >= 15 is 0 Å². The predicted octanol–water partition coefficient (Wildman–Crippen LogP) is 6.12. The van der Waals surface area contributed by atoms with Crippen molar-refractivity contribution < 1.29 is 8.78 Å². The summed E-state index contributed by atoms with van der Waals surface area (Å²) in [4.78, 5) is 0. The minimum atomic E-state index is -0.524. The van der Waals surface area contributed by atoms with E-state index in [0.717, 1.165) is 42.1 Å². The van der Waals surface area contributed by atoms with Crippen LogP contribution in [0.4, 0.5) is 8.78 Å². The van der Waals surface area contributed by atoms with E-state index in [1.54, 1.807) is 6.92 Å². The summed E-state index contributed by atoms with van der Waals surface area (Å²) in [6.45, 7) is 3.98. The number of benzene rings is 1. The summed E-state index contributed by atoms with van der Waals surface area (Å²) in [5.74, 6) is 7.49. The lowest BCUT2D eigenvalue weighted by Crippen LogP contribution is -2.30. The third-order valence-electron chi connectivity index (χ3n) is 6.18. The molecule has 0 aromatic heterocycles. The van der Waals surface area contributed by atoms with Crippen LogP contribution in [0.25, 0.3) is 0 Å². The molecule has 3 rings (SSSR count). The molecule has 1 aromatic carbocycles. The largest absolute Gasteiger partial charge is 0.206 e. The van der Waals surface area contributed by atoms with E-state index in [1.165, 1.54) is 50.7 Å². The van der Waals surface area contributed by atoms with Crippen LogP contribution in [0.3, 0.4) is 0 Å². The molecule has 24 heavy (non-hydrogen) atoms. The van der Waals surface area contributed by atoms with Crippen molar-refractivity contribution in [2.75, 3.05) is 0 Å². The van der Waals surface area contributed by atoms with Crippen LogP contribution in [-0.2, 0) is 6.42 Å². The molecule has 2 fully saturated rings. The molecular weight excluding hydrogens is 302 g/mol. The molecule has 0 radical (unpaired) electrons. The van der Waals surface area contributed by atoms with Crippen molar-refractivity contribution in [3.05, 3.63) is 34.9 Å². The fraction of sp³-hybridized carbons (Fsp3) is 0.636. The monoisotopic (exact) mass is 330 g/mol. The van der Waals surface area contributed by atoms with Gasteiger partial charge < -0.3 is 0 Å². The first-order valence-corrected chi connectivity index (χ1v) is 9.47. The van der Waals surface area contributed by atoms with Crippen LogP contribution in [0.2, 0.25) is 0 Å². The zero-order valence-electron chi connectivity index (χ0n) is 14.9. The molecule has 0 N–H and O–H groups in total. The molecule has 0 saturated heterocycles. The van der Waals surface area contributed by atoms with Crippen molar-refractivity contribution in [3.8, 4) is 11.8 Å². The van der Waals surface area contributed by atoms with Crippen LogP contribution < -0.4 is 0 Å². The van der Waals surface area contributed by atoms with Crippen LogP contribution in [0.1, 0.15) is 69.9 Å². The van der Waals surface area contributed by atoms with Gasteiger partial charge in [0, 0.05) is 0 Å². The van der Waals surface area contributed by atoms with Gasteiger partial charge in [-0.2, -0.15) is 0 Å². The minimum absolute atomic E-state index is 0.0990. The van der Waals surface area contributed by atoms with Gasteiger partial charge in [0.15, 0.2) is 0 Å². The van der Waals surface area contributed by atoms with Gasteiger partial charge in [-0.25, -0.2) is 8.78 Å². The van der Waals surface area contributed by atoms with E-state index in [2.05, 4.69) is 18.8 Å². The lowest BCUT2D eigenvalue weighted by atomic mass is 9.64. The van der Waals surface area contributed by atoms with Crippen LogP contribution in [0.15, 0.2) is 12.1 Å². The summed E-state index contributed by atoms with van der Waals surface area (Å²) in [6.07, 6.45) is 9.96. The molecule has 0 amide bonds. The average Bonchev–Trinajstić information content (AvgIpc) is 2.56. The number of aryl methyl sites for hydroxylation is 1. The summed E-state index contributed by atoms with van der Waals surface area (Å²) < 4.78 is 28.0. The number of rotatable bonds is 3. The molecule has 2 aliphatic rings. The fourth-order valence-corrected chi connectivity index (χ4v) is 4.87. The average molecular weight is 330 g/mol. The maximum atomic E-state index is 14.0. The zero-order chi connectivity index (χ0) is 17.1. The molecule has 0 aliphatic heterocycles. The third-order valence-corrected chi connectivity index (χ3v) is 6.18.